The average molecular weight is 416 g/mol. The third-order valence-electron chi connectivity index (χ3n) is 6.64. The van der Waals surface area contributed by atoms with Crippen LogP contribution in [-0.2, 0) is 15.0 Å². The van der Waals surface area contributed by atoms with E-state index >= 15 is 0 Å². The third kappa shape index (κ3) is 4.12. The van der Waals surface area contributed by atoms with Crippen molar-refractivity contribution in [2.45, 2.75) is 89.7 Å². The summed E-state index contributed by atoms with van der Waals surface area (Å²) in [4.78, 5) is 33.2. The molecule has 2 amide bonds. The minimum absolute atomic E-state index is 0.000264. The molecule has 2 aliphatic heterocycles. The molecule has 1 N–H and O–H groups in total. The lowest BCUT2D eigenvalue weighted by Crippen LogP contribution is -2.47. The van der Waals surface area contributed by atoms with Crippen molar-refractivity contribution in [3.63, 3.8) is 0 Å². The Kier molecular flexibility index (Phi) is 5.41. The van der Waals surface area contributed by atoms with E-state index in [1.54, 1.807) is 0 Å². The normalized spacial score (nSPS) is 21.6. The number of carbonyl (C=O) groups excluding carboxylic acids is 2. The fraction of sp³-hybridized carbons (Fsp3) is 0.696. The van der Waals surface area contributed by atoms with E-state index in [9.17, 15) is 9.59 Å². The summed E-state index contributed by atoms with van der Waals surface area (Å²) in [6.45, 7) is 9.23. The van der Waals surface area contributed by atoms with Crippen molar-refractivity contribution in [2.75, 3.05) is 13.1 Å². The molecule has 164 valence electrons. The van der Waals surface area contributed by atoms with E-state index in [-0.39, 0.29) is 23.3 Å². The molecular formula is C23H33N3O4. The zero-order chi connectivity index (χ0) is 21.5. The molecule has 1 saturated heterocycles. The van der Waals surface area contributed by atoms with Crippen LogP contribution in [-0.4, -0.2) is 47.2 Å². The molecule has 0 radical (unpaired) electrons. The predicted molar refractivity (Wildman–Crippen MR) is 114 cm³/mol. The Morgan fingerprint density at radius 1 is 1.20 bits per heavy atom. The lowest BCUT2D eigenvalue weighted by molar-refractivity contribution is -0.115. The Labute approximate surface area is 178 Å². The summed E-state index contributed by atoms with van der Waals surface area (Å²) in [5.41, 5.74) is 0.527. The molecule has 1 aromatic heterocycles. The van der Waals surface area contributed by atoms with Gasteiger partial charge in [0.1, 0.15) is 22.8 Å². The maximum absolute atomic E-state index is 13.1. The van der Waals surface area contributed by atoms with Crippen LogP contribution >= 0.6 is 0 Å². The molecule has 30 heavy (non-hydrogen) atoms. The van der Waals surface area contributed by atoms with Crippen LogP contribution in [0.3, 0.4) is 0 Å². The molecular weight excluding hydrogens is 382 g/mol. The van der Waals surface area contributed by atoms with Gasteiger partial charge in [-0.3, -0.25) is 9.59 Å². The highest BCUT2D eigenvalue weighted by molar-refractivity contribution is 6.39. The van der Waals surface area contributed by atoms with Crippen molar-refractivity contribution in [2.24, 2.45) is 5.16 Å². The van der Waals surface area contributed by atoms with E-state index < -0.39 is 5.60 Å². The second kappa shape index (κ2) is 7.75. The quantitative estimate of drug-likeness (QED) is 0.816. The zero-order valence-corrected chi connectivity index (χ0v) is 18.5. The number of hydrogen-bond donors (Lipinski definition) is 1. The summed E-state index contributed by atoms with van der Waals surface area (Å²) >= 11 is 0. The van der Waals surface area contributed by atoms with Gasteiger partial charge in [-0.25, -0.2) is 0 Å². The molecule has 3 aliphatic rings. The second-order valence-corrected chi connectivity index (χ2v) is 10.1. The molecule has 1 aromatic rings. The summed E-state index contributed by atoms with van der Waals surface area (Å²) in [5.74, 6) is 1.39. The van der Waals surface area contributed by atoms with E-state index in [0.717, 1.165) is 18.6 Å². The van der Waals surface area contributed by atoms with E-state index in [0.29, 0.717) is 49.4 Å². The summed E-state index contributed by atoms with van der Waals surface area (Å²) in [5, 5.41) is 7.20. The predicted octanol–water partition coefficient (Wildman–Crippen LogP) is 3.70. The number of nitrogens with zero attached hydrogens (tertiary/aromatic N) is 2. The molecule has 0 unspecified atom stereocenters. The van der Waals surface area contributed by atoms with Crippen LogP contribution in [0.5, 0.6) is 0 Å². The van der Waals surface area contributed by atoms with Crippen molar-refractivity contribution in [1.29, 1.82) is 0 Å². The number of rotatable bonds is 3. The molecule has 3 heterocycles. The zero-order valence-electron chi connectivity index (χ0n) is 18.5. The van der Waals surface area contributed by atoms with Gasteiger partial charge in [-0.2, -0.15) is 0 Å². The molecule has 0 atom stereocenters. The summed E-state index contributed by atoms with van der Waals surface area (Å²) < 4.78 is 5.84. The number of nitrogens with one attached hydrogen (secondary N) is 1. The summed E-state index contributed by atoms with van der Waals surface area (Å²) in [7, 11) is 0. The number of piperidine rings is 1. The number of carbonyl (C=O) groups is 2. The van der Waals surface area contributed by atoms with Crippen LogP contribution in [0.2, 0.25) is 0 Å². The van der Waals surface area contributed by atoms with Gasteiger partial charge in [0.15, 0.2) is 0 Å². The monoisotopic (exact) mass is 415 g/mol. The molecule has 4 rings (SSSR count). The molecule has 7 heteroatoms. The maximum Gasteiger partial charge on any atom is 0.269 e. The summed E-state index contributed by atoms with van der Waals surface area (Å²) in [6.07, 6.45) is 6.31. The highest BCUT2D eigenvalue weighted by Crippen LogP contribution is 2.36. The fourth-order valence-electron chi connectivity index (χ4n) is 4.60. The fourth-order valence-corrected chi connectivity index (χ4v) is 4.60. The van der Waals surface area contributed by atoms with Crippen molar-refractivity contribution < 1.29 is 18.8 Å². The molecule has 0 bridgehead atoms. The van der Waals surface area contributed by atoms with E-state index in [1.165, 1.54) is 12.8 Å². The Morgan fingerprint density at radius 2 is 1.87 bits per heavy atom. The van der Waals surface area contributed by atoms with Gasteiger partial charge in [-0.1, -0.05) is 38.8 Å². The number of aryl methyl sites for hydroxylation is 1. The van der Waals surface area contributed by atoms with E-state index in [1.807, 2.05) is 17.9 Å². The SMILES string of the molecule is Cc1oc(C(C)(C)C)cc1C(=O)N1CCC2(CC1)CC(C(=O)NC1CCCC1)=NO2. The Balaban J connectivity index is 1.33. The van der Waals surface area contributed by atoms with Gasteiger partial charge >= 0.3 is 0 Å². The standard InChI is InChI=1S/C23H33N3O4/c1-15-17(13-19(29-15)22(2,3)4)21(28)26-11-9-23(10-12-26)14-18(25-30-23)20(27)24-16-7-5-6-8-16/h13,16H,5-12,14H2,1-4H3,(H,24,27). The van der Waals surface area contributed by atoms with Gasteiger partial charge in [-0.05, 0) is 25.8 Å². The molecule has 2 fully saturated rings. The Bertz CT molecular complexity index is 850. The number of oxime groups is 1. The van der Waals surface area contributed by atoms with E-state index in [4.69, 9.17) is 9.25 Å². The van der Waals surface area contributed by atoms with E-state index in [2.05, 4.69) is 31.2 Å². The van der Waals surface area contributed by atoms with Crippen LogP contribution in [0.25, 0.3) is 0 Å². The second-order valence-electron chi connectivity index (χ2n) is 10.1. The Morgan fingerprint density at radius 3 is 2.47 bits per heavy atom. The number of likely N-dealkylation sites (tertiary alicyclic amines) is 1. The smallest absolute Gasteiger partial charge is 0.269 e. The minimum atomic E-state index is -0.457. The number of amides is 2. The van der Waals surface area contributed by atoms with Crippen LogP contribution < -0.4 is 5.32 Å². The van der Waals surface area contributed by atoms with Crippen LogP contribution in [0.4, 0.5) is 0 Å². The van der Waals surface area contributed by atoms with Crippen LogP contribution in [0, 0.1) is 6.92 Å². The topological polar surface area (TPSA) is 84.1 Å². The average Bonchev–Trinajstić information content (AvgIpc) is 3.42. The van der Waals surface area contributed by atoms with Gasteiger partial charge in [0.05, 0.1) is 5.56 Å². The highest BCUT2D eigenvalue weighted by atomic mass is 16.7. The van der Waals surface area contributed by atoms with Gasteiger partial charge < -0.3 is 19.5 Å². The van der Waals surface area contributed by atoms with Gasteiger partial charge in [-0.15, -0.1) is 0 Å². The molecule has 1 saturated carbocycles. The van der Waals surface area contributed by atoms with Crippen LogP contribution in [0.1, 0.15) is 87.6 Å². The number of hydrogen-bond acceptors (Lipinski definition) is 5. The first-order valence-electron chi connectivity index (χ1n) is 11.1. The lowest BCUT2D eigenvalue weighted by Gasteiger charge is -2.37. The third-order valence-corrected chi connectivity index (χ3v) is 6.64. The Hall–Kier alpha value is -2.31. The molecule has 7 nitrogen and oxygen atoms in total. The van der Waals surface area contributed by atoms with Gasteiger partial charge in [0.25, 0.3) is 11.8 Å². The lowest BCUT2D eigenvalue weighted by atomic mass is 9.86. The highest BCUT2D eigenvalue weighted by Gasteiger charge is 2.45. The largest absolute Gasteiger partial charge is 0.465 e. The first kappa shape index (κ1) is 20.9. The van der Waals surface area contributed by atoms with Crippen molar-refractivity contribution in [1.82, 2.24) is 10.2 Å². The number of furan rings is 1. The van der Waals surface area contributed by atoms with Crippen molar-refractivity contribution in [3.05, 3.63) is 23.2 Å². The molecule has 0 aromatic carbocycles. The first-order valence-corrected chi connectivity index (χ1v) is 11.1. The summed E-state index contributed by atoms with van der Waals surface area (Å²) in [6, 6.07) is 2.15. The van der Waals surface area contributed by atoms with Crippen LogP contribution in [0.15, 0.2) is 15.6 Å². The van der Waals surface area contributed by atoms with Crippen molar-refractivity contribution >= 4 is 17.5 Å². The first-order chi connectivity index (χ1) is 14.2. The van der Waals surface area contributed by atoms with Gasteiger partial charge in [0.2, 0.25) is 0 Å². The van der Waals surface area contributed by atoms with Gasteiger partial charge in [0, 0.05) is 43.8 Å². The molecule has 1 spiro atoms. The maximum atomic E-state index is 13.1. The minimum Gasteiger partial charge on any atom is -0.465 e. The van der Waals surface area contributed by atoms with Crippen molar-refractivity contribution in [3.8, 4) is 0 Å². The molecule has 1 aliphatic carbocycles.